The second-order valence-electron chi connectivity index (χ2n) is 4.20. The standard InChI is InChI=1S/C14H18O7/c1-4-10(18)14(11(19)5-2,21-12(20)6-3)13(7-15,8-16)9-17/h4-6,15-17H,1-3,7-9H2. The minimum Gasteiger partial charge on any atom is -0.438 e. The van der Waals surface area contributed by atoms with Gasteiger partial charge in [-0.25, -0.2) is 4.79 Å². The van der Waals surface area contributed by atoms with E-state index in [0.717, 1.165) is 0 Å². The number of esters is 1. The van der Waals surface area contributed by atoms with Gasteiger partial charge in [0.15, 0.2) is 0 Å². The average molecular weight is 298 g/mol. The van der Waals surface area contributed by atoms with Gasteiger partial charge in [-0.3, -0.25) is 9.59 Å². The summed E-state index contributed by atoms with van der Waals surface area (Å²) >= 11 is 0. The third-order valence-electron chi connectivity index (χ3n) is 3.14. The predicted octanol–water partition coefficient (Wildman–Crippen LogP) is -1.07. The first-order valence-electron chi connectivity index (χ1n) is 5.87. The van der Waals surface area contributed by atoms with Gasteiger partial charge in [0.05, 0.1) is 25.2 Å². The SMILES string of the molecule is C=CC(=O)OC(C(=O)C=C)(C(=O)C=C)C(CO)(CO)CO. The summed E-state index contributed by atoms with van der Waals surface area (Å²) in [6.45, 7) is 6.50. The van der Waals surface area contributed by atoms with Crippen molar-refractivity contribution >= 4 is 17.5 Å². The molecule has 0 aromatic rings. The number of hydrogen-bond acceptors (Lipinski definition) is 7. The molecule has 116 valence electrons. The van der Waals surface area contributed by atoms with Gasteiger partial charge in [0.1, 0.15) is 0 Å². The second kappa shape index (κ2) is 7.63. The number of aliphatic hydroxyl groups is 3. The molecule has 0 fully saturated rings. The molecule has 0 unspecified atom stereocenters. The Morgan fingerprint density at radius 2 is 1.24 bits per heavy atom. The van der Waals surface area contributed by atoms with E-state index in [-0.39, 0.29) is 0 Å². The fourth-order valence-corrected chi connectivity index (χ4v) is 1.82. The highest BCUT2D eigenvalue weighted by Gasteiger charge is 2.62. The Hall–Kier alpha value is -2.09. The zero-order chi connectivity index (χ0) is 16.7. The highest BCUT2D eigenvalue weighted by atomic mass is 16.6. The van der Waals surface area contributed by atoms with Crippen LogP contribution in [-0.2, 0) is 19.1 Å². The molecule has 0 heterocycles. The van der Waals surface area contributed by atoms with Crippen LogP contribution in [0, 0.1) is 5.41 Å². The number of rotatable bonds is 10. The smallest absolute Gasteiger partial charge is 0.331 e. The number of carbonyl (C=O) groups is 3. The number of ether oxygens (including phenoxy) is 1. The van der Waals surface area contributed by atoms with E-state index >= 15 is 0 Å². The maximum Gasteiger partial charge on any atom is 0.331 e. The van der Waals surface area contributed by atoms with E-state index in [1.54, 1.807) is 0 Å². The molecule has 0 aliphatic carbocycles. The van der Waals surface area contributed by atoms with Gasteiger partial charge in [-0.15, -0.1) is 0 Å². The highest BCUT2D eigenvalue weighted by molar-refractivity contribution is 6.20. The van der Waals surface area contributed by atoms with E-state index in [1.807, 2.05) is 0 Å². The van der Waals surface area contributed by atoms with Crippen LogP contribution in [0.25, 0.3) is 0 Å². The van der Waals surface area contributed by atoms with E-state index in [4.69, 9.17) is 4.74 Å². The van der Waals surface area contributed by atoms with E-state index in [2.05, 4.69) is 19.7 Å². The first-order chi connectivity index (χ1) is 9.85. The van der Waals surface area contributed by atoms with Crippen molar-refractivity contribution in [3.05, 3.63) is 38.0 Å². The third kappa shape index (κ3) is 2.99. The van der Waals surface area contributed by atoms with Crippen LogP contribution in [0.1, 0.15) is 0 Å². The third-order valence-corrected chi connectivity index (χ3v) is 3.14. The molecule has 0 atom stereocenters. The Bertz CT molecular complexity index is 432. The molecule has 0 saturated carbocycles. The molecule has 0 spiro atoms. The van der Waals surface area contributed by atoms with Gasteiger partial charge in [0.2, 0.25) is 17.2 Å². The molecule has 0 aliphatic rings. The van der Waals surface area contributed by atoms with E-state index in [0.29, 0.717) is 18.2 Å². The largest absolute Gasteiger partial charge is 0.438 e. The van der Waals surface area contributed by atoms with Gasteiger partial charge in [0.25, 0.3) is 0 Å². The van der Waals surface area contributed by atoms with Crippen molar-refractivity contribution in [1.29, 1.82) is 0 Å². The summed E-state index contributed by atoms with van der Waals surface area (Å²) in [7, 11) is 0. The fourth-order valence-electron chi connectivity index (χ4n) is 1.82. The zero-order valence-corrected chi connectivity index (χ0v) is 11.4. The molecule has 0 aliphatic heterocycles. The summed E-state index contributed by atoms with van der Waals surface area (Å²) in [5.74, 6) is -3.38. The molecule has 0 bridgehead atoms. The Morgan fingerprint density at radius 3 is 1.48 bits per heavy atom. The second-order valence-corrected chi connectivity index (χ2v) is 4.20. The number of aliphatic hydroxyl groups excluding tert-OH is 3. The van der Waals surface area contributed by atoms with Crippen molar-refractivity contribution in [1.82, 2.24) is 0 Å². The predicted molar refractivity (Wildman–Crippen MR) is 73.1 cm³/mol. The zero-order valence-electron chi connectivity index (χ0n) is 11.4. The summed E-state index contributed by atoms with van der Waals surface area (Å²) in [5, 5.41) is 28.4. The molecule has 0 radical (unpaired) electrons. The Morgan fingerprint density at radius 1 is 0.857 bits per heavy atom. The van der Waals surface area contributed by atoms with Gasteiger partial charge in [-0.2, -0.15) is 0 Å². The maximum absolute atomic E-state index is 12.2. The lowest BCUT2D eigenvalue weighted by Crippen LogP contribution is -2.66. The minimum absolute atomic E-state index is 0.688. The fraction of sp³-hybridized carbons (Fsp3) is 0.357. The first kappa shape index (κ1) is 18.9. The summed E-state index contributed by atoms with van der Waals surface area (Å²) in [4.78, 5) is 35.9. The van der Waals surface area contributed by atoms with Crippen LogP contribution in [0.15, 0.2) is 38.0 Å². The lowest BCUT2D eigenvalue weighted by molar-refractivity contribution is -0.195. The number of carbonyl (C=O) groups excluding carboxylic acids is 3. The molecule has 3 N–H and O–H groups in total. The molecule has 0 amide bonds. The molecule has 0 aromatic heterocycles. The van der Waals surface area contributed by atoms with Gasteiger partial charge < -0.3 is 20.1 Å². The van der Waals surface area contributed by atoms with Crippen LogP contribution in [0.3, 0.4) is 0 Å². The lowest BCUT2D eigenvalue weighted by atomic mass is 9.68. The van der Waals surface area contributed by atoms with Crippen LogP contribution >= 0.6 is 0 Å². The maximum atomic E-state index is 12.2. The van der Waals surface area contributed by atoms with Gasteiger partial charge in [0, 0.05) is 6.08 Å². The van der Waals surface area contributed by atoms with Crippen molar-refractivity contribution in [2.24, 2.45) is 5.41 Å². The van der Waals surface area contributed by atoms with Gasteiger partial charge >= 0.3 is 5.97 Å². The van der Waals surface area contributed by atoms with Crippen molar-refractivity contribution in [2.75, 3.05) is 19.8 Å². The van der Waals surface area contributed by atoms with E-state index < -0.39 is 48.4 Å². The van der Waals surface area contributed by atoms with Gasteiger partial charge in [-0.1, -0.05) is 19.7 Å². The summed E-state index contributed by atoms with van der Waals surface area (Å²) in [6.07, 6.45) is 2.07. The molecular weight excluding hydrogens is 280 g/mol. The van der Waals surface area contributed by atoms with Crippen molar-refractivity contribution in [2.45, 2.75) is 5.60 Å². The van der Waals surface area contributed by atoms with Crippen LogP contribution in [0.4, 0.5) is 0 Å². The van der Waals surface area contributed by atoms with E-state index in [9.17, 15) is 29.7 Å². The highest BCUT2D eigenvalue weighted by Crippen LogP contribution is 2.37. The Balaban J connectivity index is 6.50. The Labute approximate surface area is 121 Å². The van der Waals surface area contributed by atoms with E-state index in [1.165, 1.54) is 0 Å². The average Bonchev–Trinajstić information content (AvgIpc) is 2.53. The van der Waals surface area contributed by atoms with Crippen LogP contribution in [0.2, 0.25) is 0 Å². The first-order valence-corrected chi connectivity index (χ1v) is 5.87. The molecule has 7 nitrogen and oxygen atoms in total. The van der Waals surface area contributed by atoms with Crippen molar-refractivity contribution < 1.29 is 34.4 Å². The molecular formula is C14H18O7. The topological polar surface area (TPSA) is 121 Å². The molecule has 7 heteroatoms. The van der Waals surface area contributed by atoms with Gasteiger partial charge in [-0.05, 0) is 12.2 Å². The monoisotopic (exact) mass is 298 g/mol. The quantitative estimate of drug-likeness (QED) is 0.267. The molecule has 0 rings (SSSR count). The number of ketones is 2. The summed E-state index contributed by atoms with van der Waals surface area (Å²) in [6, 6.07) is 0. The molecule has 21 heavy (non-hydrogen) atoms. The Kier molecular flexibility index (Phi) is 6.87. The van der Waals surface area contributed by atoms with Crippen LogP contribution < -0.4 is 0 Å². The minimum atomic E-state index is -2.68. The van der Waals surface area contributed by atoms with Crippen LogP contribution in [-0.4, -0.2) is 58.3 Å². The molecule has 0 aromatic carbocycles. The molecule has 0 saturated heterocycles. The van der Waals surface area contributed by atoms with Crippen molar-refractivity contribution in [3.63, 3.8) is 0 Å². The normalized spacial score (nSPS) is 11.4. The summed E-state index contributed by atoms with van der Waals surface area (Å²) in [5.41, 5.74) is -4.83. The van der Waals surface area contributed by atoms with Crippen molar-refractivity contribution in [3.8, 4) is 0 Å². The summed E-state index contributed by atoms with van der Waals surface area (Å²) < 4.78 is 4.85. The lowest BCUT2D eigenvalue weighted by Gasteiger charge is -2.43. The number of hydrogen-bond donors (Lipinski definition) is 3. The van der Waals surface area contributed by atoms with Crippen LogP contribution in [0.5, 0.6) is 0 Å².